The van der Waals surface area contributed by atoms with Crippen molar-refractivity contribution in [1.29, 1.82) is 0 Å². The van der Waals surface area contributed by atoms with Gasteiger partial charge in [0.25, 0.3) is 5.91 Å². The number of carbonyl (C=O) groups is 1. The van der Waals surface area contributed by atoms with Crippen LogP contribution >= 0.6 is 0 Å². The molecule has 1 N–H and O–H groups in total. The number of fused-ring (bicyclic) bond motifs is 1. The quantitative estimate of drug-likeness (QED) is 0.783. The Kier molecular flexibility index (Phi) is 4.37. The van der Waals surface area contributed by atoms with E-state index in [2.05, 4.69) is 10.3 Å². The molecule has 6 heteroatoms. The Balaban J connectivity index is 1.78. The normalized spacial score (nSPS) is 12.0. The highest BCUT2D eigenvalue weighted by molar-refractivity contribution is 5.93. The Morgan fingerprint density at radius 1 is 1.17 bits per heavy atom. The van der Waals surface area contributed by atoms with Gasteiger partial charge in [0, 0.05) is 12.4 Å². The first-order valence-corrected chi connectivity index (χ1v) is 7.59. The van der Waals surface area contributed by atoms with E-state index in [1.165, 1.54) is 0 Å². The molecule has 0 spiro atoms. The Morgan fingerprint density at radius 3 is 2.67 bits per heavy atom. The fourth-order valence-corrected chi connectivity index (χ4v) is 2.52. The molecule has 0 fully saturated rings. The number of aromatic nitrogens is 2. The van der Waals surface area contributed by atoms with Crippen molar-refractivity contribution in [1.82, 2.24) is 14.7 Å². The molecule has 1 amide bonds. The molecule has 0 bridgehead atoms. The zero-order valence-corrected chi connectivity index (χ0v) is 13.8. The second-order valence-electron chi connectivity index (χ2n) is 5.40. The van der Waals surface area contributed by atoms with Crippen LogP contribution in [0, 0.1) is 0 Å². The molecule has 2 aromatic heterocycles. The lowest BCUT2D eigenvalue weighted by Gasteiger charge is -2.16. The molecule has 124 valence electrons. The fourth-order valence-electron chi connectivity index (χ4n) is 2.52. The molecule has 0 aliphatic carbocycles. The molecule has 1 unspecified atom stereocenters. The Morgan fingerprint density at radius 2 is 1.96 bits per heavy atom. The molecule has 0 aliphatic rings. The second kappa shape index (κ2) is 6.62. The van der Waals surface area contributed by atoms with Gasteiger partial charge >= 0.3 is 0 Å². The summed E-state index contributed by atoms with van der Waals surface area (Å²) in [5, 5.41) is 2.95. The van der Waals surface area contributed by atoms with Crippen LogP contribution in [0.4, 0.5) is 0 Å². The summed E-state index contributed by atoms with van der Waals surface area (Å²) in [7, 11) is 3.17. The van der Waals surface area contributed by atoms with Gasteiger partial charge in [-0.15, -0.1) is 0 Å². The van der Waals surface area contributed by atoms with Crippen LogP contribution < -0.4 is 14.8 Å². The van der Waals surface area contributed by atoms with E-state index in [0.29, 0.717) is 17.2 Å². The average molecular weight is 325 g/mol. The topological polar surface area (TPSA) is 64.9 Å². The molecular formula is C18H19N3O3. The van der Waals surface area contributed by atoms with Gasteiger partial charge in [0.1, 0.15) is 11.3 Å². The molecule has 3 rings (SSSR count). The number of imidazole rings is 1. The second-order valence-corrected chi connectivity index (χ2v) is 5.40. The van der Waals surface area contributed by atoms with Crippen LogP contribution in [0.5, 0.6) is 11.5 Å². The zero-order valence-electron chi connectivity index (χ0n) is 13.8. The number of hydrogen-bond donors (Lipinski definition) is 1. The molecule has 0 saturated heterocycles. The Hall–Kier alpha value is -3.02. The lowest BCUT2D eigenvalue weighted by Crippen LogP contribution is -2.26. The predicted molar refractivity (Wildman–Crippen MR) is 90.6 cm³/mol. The summed E-state index contributed by atoms with van der Waals surface area (Å²) in [5.74, 6) is 1.06. The lowest BCUT2D eigenvalue weighted by molar-refractivity contribution is 0.0935. The summed E-state index contributed by atoms with van der Waals surface area (Å²) in [5.41, 5.74) is 2.04. The molecule has 24 heavy (non-hydrogen) atoms. The number of benzene rings is 1. The monoisotopic (exact) mass is 325 g/mol. The SMILES string of the molecule is COc1ccc(C(C)NC(=O)c2cn3ccccc3n2)cc1OC. The molecule has 6 nitrogen and oxygen atoms in total. The molecule has 1 atom stereocenters. The van der Waals surface area contributed by atoms with Crippen LogP contribution in [0.15, 0.2) is 48.8 Å². The van der Waals surface area contributed by atoms with Crippen molar-refractivity contribution in [2.24, 2.45) is 0 Å². The lowest BCUT2D eigenvalue weighted by atomic mass is 10.1. The summed E-state index contributed by atoms with van der Waals surface area (Å²) in [4.78, 5) is 16.8. The first-order chi connectivity index (χ1) is 11.6. The number of pyridine rings is 1. The van der Waals surface area contributed by atoms with Gasteiger partial charge in [-0.05, 0) is 36.8 Å². The highest BCUT2D eigenvalue weighted by Gasteiger charge is 2.16. The van der Waals surface area contributed by atoms with Gasteiger partial charge in [0.05, 0.1) is 20.3 Å². The molecule has 1 aromatic carbocycles. The number of nitrogens with zero attached hydrogens (tertiary/aromatic N) is 2. The minimum atomic E-state index is -0.221. The van der Waals surface area contributed by atoms with Crippen molar-refractivity contribution >= 4 is 11.6 Å². The Bertz CT molecular complexity index is 840. The number of carbonyl (C=O) groups excluding carboxylic acids is 1. The van der Waals surface area contributed by atoms with Crippen molar-refractivity contribution in [3.05, 3.63) is 60.0 Å². The van der Waals surface area contributed by atoms with Gasteiger partial charge in [-0.25, -0.2) is 4.98 Å². The average Bonchev–Trinajstić information content (AvgIpc) is 3.05. The zero-order chi connectivity index (χ0) is 17.1. The number of nitrogens with one attached hydrogen (secondary N) is 1. The van der Waals surface area contributed by atoms with Gasteiger partial charge in [-0.2, -0.15) is 0 Å². The van der Waals surface area contributed by atoms with Gasteiger partial charge < -0.3 is 19.2 Å². The van der Waals surface area contributed by atoms with E-state index in [1.54, 1.807) is 20.4 Å². The van der Waals surface area contributed by atoms with E-state index in [-0.39, 0.29) is 11.9 Å². The van der Waals surface area contributed by atoms with Crippen molar-refractivity contribution in [2.45, 2.75) is 13.0 Å². The summed E-state index contributed by atoms with van der Waals surface area (Å²) < 4.78 is 12.3. The highest BCUT2D eigenvalue weighted by Crippen LogP contribution is 2.29. The van der Waals surface area contributed by atoms with Crippen LogP contribution in [-0.4, -0.2) is 29.5 Å². The van der Waals surface area contributed by atoms with Crippen LogP contribution in [0.3, 0.4) is 0 Å². The number of rotatable bonds is 5. The van der Waals surface area contributed by atoms with Gasteiger partial charge in [0.15, 0.2) is 11.5 Å². The van der Waals surface area contributed by atoms with Gasteiger partial charge in [-0.1, -0.05) is 12.1 Å². The summed E-state index contributed by atoms with van der Waals surface area (Å²) in [6, 6.07) is 11.0. The number of hydrogen-bond acceptors (Lipinski definition) is 4. The predicted octanol–water partition coefficient (Wildman–Crippen LogP) is 2.84. The van der Waals surface area contributed by atoms with E-state index < -0.39 is 0 Å². The minimum absolute atomic E-state index is 0.192. The maximum atomic E-state index is 12.4. The summed E-state index contributed by atoms with van der Waals surface area (Å²) >= 11 is 0. The molecule has 2 heterocycles. The van der Waals surface area contributed by atoms with Crippen LogP contribution in [0.25, 0.3) is 5.65 Å². The first-order valence-electron chi connectivity index (χ1n) is 7.59. The minimum Gasteiger partial charge on any atom is -0.493 e. The van der Waals surface area contributed by atoms with Crippen LogP contribution in [0.1, 0.15) is 29.0 Å². The number of methoxy groups -OCH3 is 2. The van der Waals surface area contributed by atoms with E-state index >= 15 is 0 Å². The molecular weight excluding hydrogens is 306 g/mol. The van der Waals surface area contributed by atoms with E-state index in [4.69, 9.17) is 9.47 Å². The number of amides is 1. The van der Waals surface area contributed by atoms with Gasteiger partial charge in [-0.3, -0.25) is 4.79 Å². The Labute approximate surface area is 140 Å². The van der Waals surface area contributed by atoms with Crippen molar-refractivity contribution in [3.8, 4) is 11.5 Å². The third-order valence-electron chi connectivity index (χ3n) is 3.85. The fraction of sp³-hybridized carbons (Fsp3) is 0.222. The summed E-state index contributed by atoms with van der Waals surface area (Å²) in [6.07, 6.45) is 3.57. The first kappa shape index (κ1) is 15.9. The van der Waals surface area contributed by atoms with Crippen molar-refractivity contribution in [3.63, 3.8) is 0 Å². The molecule has 3 aromatic rings. The van der Waals surface area contributed by atoms with Crippen LogP contribution in [-0.2, 0) is 0 Å². The van der Waals surface area contributed by atoms with E-state index in [0.717, 1.165) is 11.2 Å². The third-order valence-corrected chi connectivity index (χ3v) is 3.85. The van der Waals surface area contributed by atoms with Crippen LogP contribution in [0.2, 0.25) is 0 Å². The molecule has 0 saturated carbocycles. The largest absolute Gasteiger partial charge is 0.493 e. The van der Waals surface area contributed by atoms with Gasteiger partial charge in [0.2, 0.25) is 0 Å². The highest BCUT2D eigenvalue weighted by atomic mass is 16.5. The van der Waals surface area contributed by atoms with Crippen molar-refractivity contribution < 1.29 is 14.3 Å². The summed E-state index contributed by atoms with van der Waals surface area (Å²) in [6.45, 7) is 1.91. The maximum absolute atomic E-state index is 12.4. The third kappa shape index (κ3) is 3.03. The standard InChI is InChI=1S/C18H19N3O3/c1-12(13-7-8-15(23-2)16(10-13)24-3)19-18(22)14-11-21-9-5-4-6-17(21)20-14/h4-12H,1-3H3,(H,19,22). The van der Waals surface area contributed by atoms with E-state index in [9.17, 15) is 4.79 Å². The molecule has 0 aliphatic heterocycles. The molecule has 0 radical (unpaired) electrons. The smallest absolute Gasteiger partial charge is 0.271 e. The number of ether oxygens (including phenoxy) is 2. The van der Waals surface area contributed by atoms with E-state index in [1.807, 2.05) is 53.9 Å². The maximum Gasteiger partial charge on any atom is 0.271 e. The van der Waals surface area contributed by atoms with Crippen molar-refractivity contribution in [2.75, 3.05) is 14.2 Å².